The van der Waals surface area contributed by atoms with E-state index in [1.165, 1.54) is 6.07 Å². The molecule has 9 heteroatoms. The molecule has 1 fully saturated rings. The Morgan fingerprint density at radius 2 is 2.02 bits per heavy atom. The Morgan fingerprint density at radius 1 is 1.29 bits per heavy atom. The van der Waals surface area contributed by atoms with E-state index in [9.17, 15) is 4.79 Å². The number of nitrogens with two attached hydrogens (primary N) is 1. The molecule has 2 N–H and O–H groups in total. The van der Waals surface area contributed by atoms with E-state index >= 15 is 4.39 Å². The lowest BCUT2D eigenvalue weighted by atomic mass is 9.98. The van der Waals surface area contributed by atoms with Gasteiger partial charge in [-0.25, -0.2) is 9.37 Å². The lowest BCUT2D eigenvalue weighted by molar-refractivity contribution is -0.147. The second kappa shape index (κ2) is 13.2. The summed E-state index contributed by atoms with van der Waals surface area (Å²) in [6.45, 7) is 7.79. The van der Waals surface area contributed by atoms with Crippen LogP contribution in [0.3, 0.4) is 0 Å². The number of carbonyl (C=O) groups excluding carboxylic acids is 1. The number of thiazole rings is 1. The molecule has 0 saturated heterocycles. The van der Waals surface area contributed by atoms with Gasteiger partial charge in [0.1, 0.15) is 24.2 Å². The van der Waals surface area contributed by atoms with E-state index in [4.69, 9.17) is 38.2 Å². The number of halogens is 2. The van der Waals surface area contributed by atoms with Crippen molar-refractivity contribution in [3.63, 3.8) is 0 Å². The molecule has 2 atom stereocenters. The Bertz CT molecular complexity index is 1450. The Balaban J connectivity index is 1.65. The number of ether oxygens (including phenoxy) is 2. The molecule has 0 amide bonds. The van der Waals surface area contributed by atoms with Crippen LogP contribution >= 0.6 is 22.9 Å². The Labute approximate surface area is 251 Å². The number of nitrogens with zero attached hydrogens (tertiary/aromatic N) is 2. The number of esters is 1. The molecule has 6 nitrogen and oxygen atoms in total. The SMILES string of the molecule is C#CCN(c1nc(-c2cc(C)c(OC)cc2Cl)c(C)s1)[C@@H](CC1CC1)c1ccc(COC(=O)[C@@H](N)C(C)C)c(F)c1. The van der Waals surface area contributed by atoms with Crippen LogP contribution in [0.1, 0.15) is 60.7 Å². The fourth-order valence-corrected chi connectivity index (χ4v) is 5.96. The lowest BCUT2D eigenvalue weighted by Crippen LogP contribution is -2.36. The fraction of sp³-hybridized carbons (Fsp3) is 0.438. The number of benzene rings is 2. The number of hydrogen-bond acceptors (Lipinski definition) is 7. The minimum atomic E-state index is -0.749. The summed E-state index contributed by atoms with van der Waals surface area (Å²) >= 11 is 8.18. The number of terminal acetylenes is 1. The molecule has 1 heterocycles. The van der Waals surface area contributed by atoms with Crippen molar-refractivity contribution in [3.8, 4) is 29.4 Å². The first-order valence-electron chi connectivity index (χ1n) is 13.8. The summed E-state index contributed by atoms with van der Waals surface area (Å²) in [7, 11) is 1.62. The quantitative estimate of drug-likeness (QED) is 0.175. The van der Waals surface area contributed by atoms with Gasteiger partial charge in [0.25, 0.3) is 0 Å². The van der Waals surface area contributed by atoms with Crippen LogP contribution in [0.5, 0.6) is 5.75 Å². The minimum Gasteiger partial charge on any atom is -0.496 e. The molecule has 3 aromatic rings. The fourth-order valence-electron chi connectivity index (χ4n) is 4.75. The van der Waals surface area contributed by atoms with Crippen LogP contribution in [0.4, 0.5) is 9.52 Å². The number of hydrogen-bond donors (Lipinski definition) is 1. The highest BCUT2D eigenvalue weighted by molar-refractivity contribution is 7.16. The van der Waals surface area contributed by atoms with Gasteiger partial charge in [-0.05, 0) is 61.4 Å². The molecule has 4 rings (SSSR count). The predicted octanol–water partition coefficient (Wildman–Crippen LogP) is 7.24. The highest BCUT2D eigenvalue weighted by atomic mass is 35.5. The maximum atomic E-state index is 15.3. The summed E-state index contributed by atoms with van der Waals surface area (Å²) < 4.78 is 26.0. The molecule has 218 valence electrons. The number of aromatic nitrogens is 1. The third-order valence-corrected chi connectivity index (χ3v) is 8.80. The van der Waals surface area contributed by atoms with Crippen LogP contribution in [-0.2, 0) is 16.1 Å². The van der Waals surface area contributed by atoms with Crippen LogP contribution in [-0.4, -0.2) is 30.6 Å². The van der Waals surface area contributed by atoms with Crippen molar-refractivity contribution in [1.29, 1.82) is 0 Å². The largest absolute Gasteiger partial charge is 0.496 e. The van der Waals surface area contributed by atoms with Crippen LogP contribution < -0.4 is 15.4 Å². The number of anilines is 1. The summed E-state index contributed by atoms with van der Waals surface area (Å²) in [5, 5.41) is 1.31. The van der Waals surface area contributed by atoms with E-state index in [-0.39, 0.29) is 18.6 Å². The first-order valence-corrected chi connectivity index (χ1v) is 15.0. The summed E-state index contributed by atoms with van der Waals surface area (Å²) in [4.78, 5) is 20.3. The van der Waals surface area contributed by atoms with Gasteiger partial charge < -0.3 is 20.1 Å². The number of methoxy groups -OCH3 is 1. The smallest absolute Gasteiger partial charge is 0.323 e. The normalized spacial score (nSPS) is 14.4. The van der Waals surface area contributed by atoms with Gasteiger partial charge in [0, 0.05) is 16.0 Å². The highest BCUT2D eigenvalue weighted by Crippen LogP contribution is 2.44. The zero-order valence-electron chi connectivity index (χ0n) is 24.2. The maximum Gasteiger partial charge on any atom is 0.323 e. The predicted molar refractivity (Wildman–Crippen MR) is 164 cm³/mol. The summed E-state index contributed by atoms with van der Waals surface area (Å²) in [6, 6.07) is 7.94. The van der Waals surface area contributed by atoms with Gasteiger partial charge in [0.2, 0.25) is 0 Å². The van der Waals surface area contributed by atoms with Gasteiger partial charge >= 0.3 is 5.97 Å². The number of rotatable bonds is 12. The van der Waals surface area contributed by atoms with Crippen molar-refractivity contribution in [3.05, 3.63) is 62.7 Å². The molecule has 1 aromatic heterocycles. The third kappa shape index (κ3) is 7.21. The van der Waals surface area contributed by atoms with E-state index in [0.29, 0.717) is 28.8 Å². The van der Waals surface area contributed by atoms with Gasteiger partial charge in [0.15, 0.2) is 5.13 Å². The molecule has 2 aromatic carbocycles. The van der Waals surface area contributed by atoms with Crippen LogP contribution in [0, 0.1) is 43.8 Å². The average molecular weight is 598 g/mol. The highest BCUT2D eigenvalue weighted by Gasteiger charge is 2.32. The monoisotopic (exact) mass is 597 g/mol. The number of carbonyl (C=O) groups is 1. The van der Waals surface area contributed by atoms with Gasteiger partial charge in [-0.3, -0.25) is 4.79 Å². The number of aryl methyl sites for hydroxylation is 2. The molecule has 0 spiro atoms. The van der Waals surface area contributed by atoms with Gasteiger partial charge in [-0.1, -0.05) is 56.3 Å². The minimum absolute atomic E-state index is 0.0696. The Hall–Kier alpha value is -3.12. The molecular formula is C32H37ClFN3O3S. The van der Waals surface area contributed by atoms with Crippen molar-refractivity contribution < 1.29 is 18.7 Å². The molecule has 0 bridgehead atoms. The first-order chi connectivity index (χ1) is 19.5. The average Bonchev–Trinajstić information content (AvgIpc) is 3.69. The molecule has 1 aliphatic rings. The topological polar surface area (TPSA) is 77.7 Å². The summed E-state index contributed by atoms with van der Waals surface area (Å²) in [5.74, 6) is 2.99. The van der Waals surface area contributed by atoms with Gasteiger partial charge in [-0.2, -0.15) is 0 Å². The Morgan fingerprint density at radius 3 is 2.63 bits per heavy atom. The van der Waals surface area contributed by atoms with Gasteiger partial charge in [0.05, 0.1) is 30.4 Å². The zero-order valence-corrected chi connectivity index (χ0v) is 25.7. The third-order valence-electron chi connectivity index (χ3n) is 7.48. The molecule has 0 radical (unpaired) electrons. The van der Waals surface area contributed by atoms with E-state index in [0.717, 1.165) is 51.7 Å². The van der Waals surface area contributed by atoms with Crippen molar-refractivity contribution in [1.82, 2.24) is 4.98 Å². The van der Waals surface area contributed by atoms with E-state index < -0.39 is 17.8 Å². The maximum absolute atomic E-state index is 15.3. The Kier molecular flexibility index (Phi) is 9.96. The lowest BCUT2D eigenvalue weighted by Gasteiger charge is -2.31. The summed E-state index contributed by atoms with van der Waals surface area (Å²) in [5.41, 5.74) is 9.53. The van der Waals surface area contributed by atoms with E-state index in [1.54, 1.807) is 30.6 Å². The van der Waals surface area contributed by atoms with E-state index in [1.807, 2.05) is 39.8 Å². The molecular weight excluding hydrogens is 561 g/mol. The van der Waals surface area contributed by atoms with Crippen LogP contribution in [0.25, 0.3) is 11.3 Å². The molecule has 0 unspecified atom stereocenters. The van der Waals surface area contributed by atoms with Crippen molar-refractivity contribution >= 4 is 34.0 Å². The molecule has 1 aliphatic carbocycles. The first kappa shape index (κ1) is 30.8. The van der Waals surface area contributed by atoms with Crippen molar-refractivity contribution in [2.24, 2.45) is 17.6 Å². The zero-order chi connectivity index (χ0) is 29.8. The summed E-state index contributed by atoms with van der Waals surface area (Å²) in [6.07, 6.45) is 8.94. The van der Waals surface area contributed by atoms with Crippen molar-refractivity contribution in [2.75, 3.05) is 18.6 Å². The van der Waals surface area contributed by atoms with E-state index in [2.05, 4.69) is 10.8 Å². The molecule has 0 aliphatic heterocycles. The van der Waals surface area contributed by atoms with Crippen molar-refractivity contribution in [2.45, 2.75) is 65.6 Å². The molecule has 1 saturated carbocycles. The second-order valence-electron chi connectivity index (χ2n) is 11.0. The standard InChI is InChI=1S/C32H37ClFN3O3S/c1-7-12-37(32-36-30(20(5)41-32)24-13-19(4)28(39-6)16-25(24)33)27(14-21-8-9-21)22-10-11-23(26(34)15-22)17-40-31(38)29(35)18(2)3/h1,10-11,13,15-16,18,21,27,29H,8-9,12,14,17,35H2,2-6H3/t27-,29-/m0/s1. The van der Waals surface area contributed by atoms with Crippen LogP contribution in [0.2, 0.25) is 5.02 Å². The second-order valence-corrected chi connectivity index (χ2v) is 12.5. The van der Waals surface area contributed by atoms with Gasteiger partial charge in [-0.15, -0.1) is 17.8 Å². The van der Waals surface area contributed by atoms with Crippen LogP contribution in [0.15, 0.2) is 30.3 Å². The molecule has 41 heavy (non-hydrogen) atoms.